The lowest BCUT2D eigenvalue weighted by Gasteiger charge is -2.31. The molecule has 2 atom stereocenters. The van der Waals surface area contributed by atoms with E-state index in [1.165, 1.54) is 38.5 Å². The molecule has 1 aromatic rings. The number of aryl methyl sites for hydroxylation is 1. The molecule has 0 amide bonds. The number of nitrogens with zero attached hydrogens (tertiary/aromatic N) is 2. The summed E-state index contributed by atoms with van der Waals surface area (Å²) in [5.74, 6) is 1.81. The summed E-state index contributed by atoms with van der Waals surface area (Å²) in [7, 11) is 0. The summed E-state index contributed by atoms with van der Waals surface area (Å²) in [5.41, 5.74) is 0. The first kappa shape index (κ1) is 14.6. The molecule has 0 radical (unpaired) electrons. The Bertz CT molecular complexity index is 332. The summed E-state index contributed by atoms with van der Waals surface area (Å²) in [4.78, 5) is 0. The molecule has 1 saturated carbocycles. The van der Waals surface area contributed by atoms with E-state index in [-0.39, 0.29) is 0 Å². The van der Waals surface area contributed by atoms with E-state index in [2.05, 4.69) is 24.3 Å². The molecule has 0 aliphatic heterocycles. The normalized spacial score (nSPS) is 23.9. The third kappa shape index (κ3) is 5.35. The summed E-state index contributed by atoms with van der Waals surface area (Å²) >= 11 is 0. The lowest BCUT2D eigenvalue weighted by atomic mass is 9.81. The van der Waals surface area contributed by atoms with E-state index < -0.39 is 0 Å². The highest BCUT2D eigenvalue weighted by Crippen LogP contribution is 2.29. The molecule has 0 bridgehead atoms. The van der Waals surface area contributed by atoms with Gasteiger partial charge in [0.05, 0.1) is 0 Å². The van der Waals surface area contributed by atoms with Crippen molar-refractivity contribution in [3.05, 3.63) is 18.5 Å². The molecule has 108 valence electrons. The van der Waals surface area contributed by atoms with Crippen LogP contribution in [0, 0.1) is 11.8 Å². The summed E-state index contributed by atoms with van der Waals surface area (Å²) in [6.07, 6.45) is 12.1. The van der Waals surface area contributed by atoms with E-state index in [4.69, 9.17) is 0 Å². The Kier molecular flexibility index (Phi) is 5.90. The molecule has 2 rings (SSSR count). The SMILES string of the molecule is CC(C)CC1CCCC(NCCCn2cccn2)C1. The second kappa shape index (κ2) is 7.68. The first-order valence-corrected chi connectivity index (χ1v) is 7.95. The molecule has 1 heterocycles. The van der Waals surface area contributed by atoms with E-state index in [0.29, 0.717) is 0 Å². The second-order valence-electron chi connectivity index (χ2n) is 6.44. The molecule has 1 aliphatic rings. The highest BCUT2D eigenvalue weighted by atomic mass is 15.3. The van der Waals surface area contributed by atoms with Crippen molar-refractivity contribution in [3.63, 3.8) is 0 Å². The maximum atomic E-state index is 4.23. The summed E-state index contributed by atoms with van der Waals surface area (Å²) in [5, 5.41) is 7.98. The van der Waals surface area contributed by atoms with Crippen molar-refractivity contribution in [1.82, 2.24) is 15.1 Å². The average Bonchev–Trinajstić information content (AvgIpc) is 2.87. The van der Waals surface area contributed by atoms with Crippen molar-refractivity contribution < 1.29 is 0 Å². The minimum atomic E-state index is 0.759. The van der Waals surface area contributed by atoms with Crippen LogP contribution in [0.4, 0.5) is 0 Å². The number of nitrogens with one attached hydrogen (secondary N) is 1. The second-order valence-corrected chi connectivity index (χ2v) is 6.44. The largest absolute Gasteiger partial charge is 0.314 e. The molecule has 1 aromatic heterocycles. The van der Waals surface area contributed by atoms with Gasteiger partial charge in [-0.15, -0.1) is 0 Å². The smallest absolute Gasteiger partial charge is 0.0489 e. The molecule has 0 spiro atoms. The van der Waals surface area contributed by atoms with Gasteiger partial charge < -0.3 is 5.32 Å². The van der Waals surface area contributed by atoms with Gasteiger partial charge in [0.2, 0.25) is 0 Å². The van der Waals surface area contributed by atoms with Crippen molar-refractivity contribution in [2.24, 2.45) is 11.8 Å². The van der Waals surface area contributed by atoms with E-state index in [0.717, 1.165) is 31.0 Å². The first-order valence-electron chi connectivity index (χ1n) is 7.95. The van der Waals surface area contributed by atoms with Gasteiger partial charge in [-0.05, 0) is 50.1 Å². The minimum absolute atomic E-state index is 0.759. The van der Waals surface area contributed by atoms with E-state index in [9.17, 15) is 0 Å². The molecule has 3 nitrogen and oxygen atoms in total. The predicted molar refractivity (Wildman–Crippen MR) is 80.0 cm³/mol. The molecule has 0 aromatic carbocycles. The van der Waals surface area contributed by atoms with Crippen LogP contribution in [0.3, 0.4) is 0 Å². The van der Waals surface area contributed by atoms with E-state index in [1.54, 1.807) is 0 Å². The number of hydrogen-bond donors (Lipinski definition) is 1. The standard InChI is InChI=1S/C16H29N3/c1-14(2)12-15-6-3-7-16(13-15)17-8-4-10-19-11-5-9-18-19/h5,9,11,14-17H,3-4,6-8,10,12-13H2,1-2H3. The Hall–Kier alpha value is -0.830. The van der Waals surface area contributed by atoms with Crippen LogP contribution in [0.1, 0.15) is 52.4 Å². The first-order chi connectivity index (χ1) is 9.24. The van der Waals surface area contributed by atoms with Crippen LogP contribution in [0.15, 0.2) is 18.5 Å². The highest BCUT2D eigenvalue weighted by Gasteiger charge is 2.21. The van der Waals surface area contributed by atoms with Crippen LogP contribution >= 0.6 is 0 Å². The van der Waals surface area contributed by atoms with Gasteiger partial charge in [-0.3, -0.25) is 4.68 Å². The summed E-state index contributed by atoms with van der Waals surface area (Å²) in [6, 6.07) is 2.75. The van der Waals surface area contributed by atoms with Crippen LogP contribution < -0.4 is 5.32 Å². The van der Waals surface area contributed by atoms with E-state index in [1.807, 2.05) is 23.1 Å². The van der Waals surface area contributed by atoms with Crippen molar-refractivity contribution in [1.29, 1.82) is 0 Å². The molecular formula is C16H29N3. The van der Waals surface area contributed by atoms with Gasteiger partial charge in [0.25, 0.3) is 0 Å². The highest BCUT2D eigenvalue weighted by molar-refractivity contribution is 4.79. The molecule has 19 heavy (non-hydrogen) atoms. The Balaban J connectivity index is 1.60. The Morgan fingerprint density at radius 2 is 2.26 bits per heavy atom. The van der Waals surface area contributed by atoms with Crippen LogP contribution in [0.2, 0.25) is 0 Å². The number of hydrogen-bond acceptors (Lipinski definition) is 2. The molecule has 1 fully saturated rings. The van der Waals surface area contributed by atoms with Gasteiger partial charge in [-0.1, -0.05) is 26.7 Å². The molecule has 1 aliphatic carbocycles. The zero-order valence-electron chi connectivity index (χ0n) is 12.5. The van der Waals surface area contributed by atoms with Gasteiger partial charge >= 0.3 is 0 Å². The van der Waals surface area contributed by atoms with Crippen LogP contribution in [-0.4, -0.2) is 22.4 Å². The van der Waals surface area contributed by atoms with Crippen molar-refractivity contribution in [3.8, 4) is 0 Å². The number of rotatable bonds is 7. The monoisotopic (exact) mass is 263 g/mol. The Morgan fingerprint density at radius 3 is 3.00 bits per heavy atom. The third-order valence-electron chi connectivity index (χ3n) is 4.14. The molecule has 2 unspecified atom stereocenters. The molecular weight excluding hydrogens is 234 g/mol. The quantitative estimate of drug-likeness (QED) is 0.763. The van der Waals surface area contributed by atoms with E-state index >= 15 is 0 Å². The van der Waals surface area contributed by atoms with Crippen LogP contribution in [0.25, 0.3) is 0 Å². The lowest BCUT2D eigenvalue weighted by Crippen LogP contribution is -2.35. The van der Waals surface area contributed by atoms with Gasteiger partial charge in [0.15, 0.2) is 0 Å². The average molecular weight is 263 g/mol. The van der Waals surface area contributed by atoms with Gasteiger partial charge in [0, 0.05) is 25.0 Å². The lowest BCUT2D eigenvalue weighted by molar-refractivity contribution is 0.252. The fourth-order valence-electron chi connectivity index (χ4n) is 3.34. The zero-order valence-corrected chi connectivity index (χ0v) is 12.5. The minimum Gasteiger partial charge on any atom is -0.314 e. The summed E-state index contributed by atoms with van der Waals surface area (Å²) < 4.78 is 2.02. The van der Waals surface area contributed by atoms with Crippen molar-refractivity contribution >= 4 is 0 Å². The van der Waals surface area contributed by atoms with Crippen LogP contribution in [-0.2, 0) is 6.54 Å². The topological polar surface area (TPSA) is 29.9 Å². The Labute approximate surface area is 117 Å². The van der Waals surface area contributed by atoms with Crippen molar-refractivity contribution in [2.75, 3.05) is 6.54 Å². The Morgan fingerprint density at radius 1 is 1.37 bits per heavy atom. The third-order valence-corrected chi connectivity index (χ3v) is 4.14. The summed E-state index contributed by atoms with van der Waals surface area (Å²) in [6.45, 7) is 6.85. The van der Waals surface area contributed by atoms with Gasteiger partial charge in [-0.2, -0.15) is 5.10 Å². The maximum absolute atomic E-state index is 4.23. The molecule has 3 heteroatoms. The maximum Gasteiger partial charge on any atom is 0.0489 e. The fraction of sp³-hybridized carbons (Fsp3) is 0.812. The predicted octanol–water partition coefficient (Wildman–Crippen LogP) is 3.47. The van der Waals surface area contributed by atoms with Crippen molar-refractivity contribution in [2.45, 2.75) is 65.0 Å². The van der Waals surface area contributed by atoms with Crippen LogP contribution in [0.5, 0.6) is 0 Å². The molecule has 0 saturated heterocycles. The zero-order chi connectivity index (χ0) is 13.5. The van der Waals surface area contributed by atoms with Gasteiger partial charge in [-0.25, -0.2) is 0 Å². The van der Waals surface area contributed by atoms with Gasteiger partial charge in [0.1, 0.15) is 0 Å². The fourth-order valence-corrected chi connectivity index (χ4v) is 3.34. The number of aromatic nitrogens is 2. The molecule has 1 N–H and O–H groups in total.